The Morgan fingerprint density at radius 2 is 2.18 bits per heavy atom. The predicted octanol–water partition coefficient (Wildman–Crippen LogP) is 2.23. The van der Waals surface area contributed by atoms with Gasteiger partial charge in [0.15, 0.2) is 6.17 Å². The van der Waals surface area contributed by atoms with E-state index >= 15 is 0 Å². The summed E-state index contributed by atoms with van der Waals surface area (Å²) in [6.45, 7) is 4.51. The molecule has 1 fully saturated rings. The van der Waals surface area contributed by atoms with Crippen LogP contribution in [-0.2, 0) is 9.53 Å². The first-order chi connectivity index (χ1) is 16.0. The third-order valence-electron chi connectivity index (χ3n) is 5.44. The van der Waals surface area contributed by atoms with Crippen LogP contribution in [0.15, 0.2) is 50.4 Å². The molecule has 2 N–H and O–H groups in total. The van der Waals surface area contributed by atoms with E-state index in [-0.39, 0.29) is 18.4 Å². The molecular formula is C22H25ClFN7O2. The molecule has 3 aliphatic heterocycles. The molecule has 9 nitrogen and oxygen atoms in total. The number of anilines is 1. The van der Waals surface area contributed by atoms with Crippen molar-refractivity contribution in [1.29, 1.82) is 0 Å². The lowest BCUT2D eigenvalue weighted by molar-refractivity contribution is -0.118. The molecule has 174 valence electrons. The van der Waals surface area contributed by atoms with Gasteiger partial charge in [0.05, 0.1) is 48.3 Å². The number of nitrogens with zero attached hydrogens (tertiary/aromatic N) is 5. The first kappa shape index (κ1) is 23.2. The van der Waals surface area contributed by atoms with Gasteiger partial charge in [-0.1, -0.05) is 29.8 Å². The van der Waals surface area contributed by atoms with Gasteiger partial charge in [-0.25, -0.2) is 19.8 Å². The Morgan fingerprint density at radius 1 is 1.36 bits per heavy atom. The summed E-state index contributed by atoms with van der Waals surface area (Å²) in [5.74, 6) is -0.362. The third-order valence-corrected chi connectivity index (χ3v) is 5.75. The Bertz CT molecular complexity index is 1010. The minimum absolute atomic E-state index is 0.179. The van der Waals surface area contributed by atoms with Gasteiger partial charge in [-0.3, -0.25) is 14.7 Å². The van der Waals surface area contributed by atoms with Gasteiger partial charge in [0, 0.05) is 19.3 Å². The zero-order valence-electron chi connectivity index (χ0n) is 18.1. The van der Waals surface area contributed by atoms with Crippen LogP contribution in [0.5, 0.6) is 0 Å². The number of hydrogen-bond acceptors (Lipinski definition) is 8. The fourth-order valence-electron chi connectivity index (χ4n) is 3.58. The number of alkyl halides is 1. The maximum absolute atomic E-state index is 14.2. The number of para-hydroxylation sites is 1. The second-order valence-corrected chi connectivity index (χ2v) is 8.17. The number of morpholine rings is 1. The molecule has 4 rings (SSSR count). The Hall–Kier alpha value is -2.95. The number of aliphatic imine (C=N–C) groups is 3. The van der Waals surface area contributed by atoms with Crippen LogP contribution in [0.1, 0.15) is 5.56 Å². The van der Waals surface area contributed by atoms with Crippen molar-refractivity contribution in [3.63, 3.8) is 0 Å². The highest BCUT2D eigenvalue weighted by molar-refractivity contribution is 6.36. The van der Waals surface area contributed by atoms with Crippen LogP contribution >= 0.6 is 11.6 Å². The number of dihydropyridines is 1. The van der Waals surface area contributed by atoms with E-state index in [1.54, 1.807) is 18.2 Å². The van der Waals surface area contributed by atoms with Crippen molar-refractivity contribution in [3.05, 3.63) is 40.9 Å². The van der Waals surface area contributed by atoms with Crippen molar-refractivity contribution >= 4 is 47.3 Å². The van der Waals surface area contributed by atoms with Crippen molar-refractivity contribution in [3.8, 4) is 0 Å². The number of halogens is 2. The lowest BCUT2D eigenvalue weighted by Crippen LogP contribution is -2.49. The lowest BCUT2D eigenvalue weighted by atomic mass is 10.0. The first-order valence-electron chi connectivity index (χ1n) is 10.7. The van der Waals surface area contributed by atoms with Gasteiger partial charge in [0.2, 0.25) is 11.9 Å². The monoisotopic (exact) mass is 473 g/mol. The van der Waals surface area contributed by atoms with E-state index < -0.39 is 18.3 Å². The second-order valence-electron chi connectivity index (χ2n) is 7.76. The Kier molecular flexibility index (Phi) is 7.58. The number of amides is 1. The number of ether oxygens (including phenoxy) is 1. The predicted molar refractivity (Wildman–Crippen MR) is 128 cm³/mol. The normalized spacial score (nSPS) is 25.6. The average molecular weight is 474 g/mol. The summed E-state index contributed by atoms with van der Waals surface area (Å²) < 4.78 is 19.5. The molecule has 0 aliphatic carbocycles. The fourth-order valence-corrected chi connectivity index (χ4v) is 3.85. The highest BCUT2D eigenvalue weighted by Crippen LogP contribution is 2.26. The first-order valence-corrected chi connectivity index (χ1v) is 11.0. The summed E-state index contributed by atoms with van der Waals surface area (Å²) in [5, 5.41) is 7.47. The number of rotatable bonds is 5. The number of guanidine groups is 1. The summed E-state index contributed by atoms with van der Waals surface area (Å²) in [5.41, 5.74) is 4.82. The molecule has 0 radical (unpaired) electrons. The summed E-state index contributed by atoms with van der Waals surface area (Å²) in [4.78, 5) is 27.2. The minimum Gasteiger partial charge on any atom is -0.379 e. The number of hydrazone groups is 1. The number of aryl methyl sites for hydroxylation is 1. The lowest BCUT2D eigenvalue weighted by Gasteiger charge is -2.33. The molecule has 3 atom stereocenters. The van der Waals surface area contributed by atoms with Crippen LogP contribution in [0.4, 0.5) is 10.1 Å². The van der Waals surface area contributed by atoms with E-state index in [9.17, 15) is 9.18 Å². The Balaban J connectivity index is 1.30. The number of benzene rings is 1. The zero-order valence-corrected chi connectivity index (χ0v) is 18.9. The van der Waals surface area contributed by atoms with Gasteiger partial charge in [-0.15, -0.1) is 0 Å². The highest BCUT2D eigenvalue weighted by Gasteiger charge is 2.30. The van der Waals surface area contributed by atoms with Crippen LogP contribution in [0.3, 0.4) is 0 Å². The van der Waals surface area contributed by atoms with E-state index in [1.165, 1.54) is 12.4 Å². The van der Waals surface area contributed by atoms with Crippen LogP contribution in [-0.4, -0.2) is 80.1 Å². The van der Waals surface area contributed by atoms with Crippen molar-refractivity contribution in [2.45, 2.75) is 19.3 Å². The van der Waals surface area contributed by atoms with Crippen molar-refractivity contribution in [2.75, 3.05) is 38.2 Å². The second kappa shape index (κ2) is 10.8. The van der Waals surface area contributed by atoms with Crippen molar-refractivity contribution < 1.29 is 13.9 Å². The van der Waals surface area contributed by atoms with E-state index in [0.29, 0.717) is 42.7 Å². The molecule has 1 aromatic carbocycles. The largest absolute Gasteiger partial charge is 0.379 e. The highest BCUT2D eigenvalue weighted by atomic mass is 35.5. The topological polar surface area (TPSA) is 103 Å². The quantitative estimate of drug-likeness (QED) is 0.505. The summed E-state index contributed by atoms with van der Waals surface area (Å²) >= 11 is 6.18. The van der Waals surface area contributed by atoms with Crippen LogP contribution < -0.4 is 10.7 Å². The molecule has 33 heavy (non-hydrogen) atoms. The molecule has 1 amide bonds. The molecule has 1 saturated heterocycles. The minimum atomic E-state index is -1.28. The Morgan fingerprint density at radius 3 is 2.91 bits per heavy atom. The summed E-state index contributed by atoms with van der Waals surface area (Å²) in [7, 11) is 0. The number of nitrogens with one attached hydrogen (secondary N) is 2. The molecule has 3 unspecified atom stereocenters. The number of carbonyl (C=O) groups is 1. The van der Waals surface area contributed by atoms with E-state index in [1.807, 2.05) is 24.0 Å². The van der Waals surface area contributed by atoms with Gasteiger partial charge >= 0.3 is 0 Å². The van der Waals surface area contributed by atoms with Gasteiger partial charge < -0.3 is 10.1 Å². The van der Waals surface area contributed by atoms with E-state index in [4.69, 9.17) is 16.3 Å². The summed E-state index contributed by atoms with van der Waals surface area (Å²) in [6, 6.07) is 5.45. The summed E-state index contributed by atoms with van der Waals surface area (Å²) in [6.07, 6.45) is 4.31. The molecule has 1 aromatic rings. The maximum Gasteiger partial charge on any atom is 0.240 e. The van der Waals surface area contributed by atoms with Gasteiger partial charge in [-0.05, 0) is 24.6 Å². The van der Waals surface area contributed by atoms with E-state index in [2.05, 4.69) is 30.8 Å². The molecule has 3 aliphatic rings. The third kappa shape index (κ3) is 5.89. The Labute approximate surface area is 196 Å². The average Bonchev–Trinajstić information content (AvgIpc) is 2.83. The number of allylic oxidation sites excluding steroid dienone is 1. The van der Waals surface area contributed by atoms with Crippen LogP contribution in [0.25, 0.3) is 0 Å². The van der Waals surface area contributed by atoms with Crippen LogP contribution in [0, 0.1) is 12.8 Å². The molecule has 3 heterocycles. The number of carbonyl (C=O) groups excluding carboxylic acids is 1. The van der Waals surface area contributed by atoms with Gasteiger partial charge in [-0.2, -0.15) is 5.10 Å². The zero-order chi connectivity index (χ0) is 23.2. The molecule has 0 saturated carbocycles. The van der Waals surface area contributed by atoms with Crippen molar-refractivity contribution in [1.82, 2.24) is 10.3 Å². The molecule has 0 aromatic heterocycles. The molecular weight excluding hydrogens is 449 g/mol. The van der Waals surface area contributed by atoms with Crippen molar-refractivity contribution in [2.24, 2.45) is 26.0 Å². The molecule has 0 spiro atoms. The smallest absolute Gasteiger partial charge is 0.240 e. The molecule has 11 heteroatoms. The fraction of sp³-hybridized carbons (Fsp3) is 0.409. The van der Waals surface area contributed by atoms with E-state index in [0.717, 1.165) is 5.56 Å². The standard InChI is InChI=1S/C22H25ClFN7O2/c1-14-3-2-4-17(23)19(14)28-21(32)15-5-6-16(25-11-15)12-27-30-22-26-13-18(24)20(29-22)31-7-9-33-10-8-31/h2-6,12-13,15,18,20H,7-11H2,1H3,(H,28,32)(H,29,30)/b27-12+. The van der Waals surface area contributed by atoms with Crippen LogP contribution in [0.2, 0.25) is 5.02 Å². The molecule has 0 bridgehead atoms. The maximum atomic E-state index is 14.2. The SMILES string of the molecule is Cc1cccc(Cl)c1NC(=O)C1C=CC(/C=N/NC2=NC(N3CCOCC3)C(F)C=N2)=NC1. The van der Waals surface area contributed by atoms with Gasteiger partial charge in [0.25, 0.3) is 0 Å². The number of hydrogen-bond donors (Lipinski definition) is 2. The van der Waals surface area contributed by atoms with Gasteiger partial charge in [0.1, 0.15) is 6.17 Å².